The van der Waals surface area contributed by atoms with Crippen LogP contribution >= 0.6 is 0 Å². The van der Waals surface area contributed by atoms with Crippen LogP contribution in [0.2, 0.25) is 25.7 Å². The fourth-order valence-corrected chi connectivity index (χ4v) is 4.22. The Bertz CT molecular complexity index is 137. The molecule has 0 aliphatic rings. The molecule has 0 fully saturated rings. The molecule has 1 unspecified atom stereocenters. The molecule has 0 radical (unpaired) electrons. The first-order valence-electron chi connectivity index (χ1n) is 4.29. The highest BCUT2D eigenvalue weighted by atomic mass is 28.3. The van der Waals surface area contributed by atoms with Crippen LogP contribution in [0.15, 0.2) is 0 Å². The topological polar surface area (TPSA) is 17.1 Å². The number of carbonyl (C=O) groups is 1. The normalized spacial score (nSPS) is 17.5. The molecule has 0 aromatic rings. The SMILES string of the molecule is CCC(C)(C=O)C[Si](C)(C)C. The van der Waals surface area contributed by atoms with E-state index in [9.17, 15) is 4.79 Å². The molecule has 0 N–H and O–H groups in total. The zero-order valence-corrected chi connectivity index (χ0v) is 9.40. The molecule has 0 heterocycles. The number of carbonyl (C=O) groups excluding carboxylic acids is 1. The zero-order chi connectivity index (χ0) is 9.12. The Kier molecular flexibility index (Phi) is 3.49. The van der Waals surface area contributed by atoms with E-state index in [2.05, 4.69) is 33.5 Å². The van der Waals surface area contributed by atoms with Gasteiger partial charge in [-0.1, -0.05) is 33.5 Å². The van der Waals surface area contributed by atoms with Crippen LogP contribution in [-0.4, -0.2) is 14.4 Å². The predicted octanol–water partition coefficient (Wildman–Crippen LogP) is 2.94. The fourth-order valence-electron chi connectivity index (χ4n) is 1.46. The largest absolute Gasteiger partial charge is 0.303 e. The lowest BCUT2D eigenvalue weighted by Crippen LogP contribution is -2.31. The molecule has 1 nitrogen and oxygen atoms in total. The molecule has 66 valence electrons. The van der Waals surface area contributed by atoms with E-state index in [1.165, 1.54) is 0 Å². The highest BCUT2D eigenvalue weighted by molar-refractivity contribution is 6.76. The van der Waals surface area contributed by atoms with Crippen molar-refractivity contribution < 1.29 is 4.79 Å². The summed E-state index contributed by atoms with van der Waals surface area (Å²) in [6.07, 6.45) is 2.10. The summed E-state index contributed by atoms with van der Waals surface area (Å²) >= 11 is 0. The molecular weight excluding hydrogens is 152 g/mol. The van der Waals surface area contributed by atoms with Gasteiger partial charge in [0.1, 0.15) is 6.29 Å². The van der Waals surface area contributed by atoms with Gasteiger partial charge < -0.3 is 4.79 Å². The molecule has 2 heteroatoms. The maximum atomic E-state index is 10.8. The van der Waals surface area contributed by atoms with Crippen molar-refractivity contribution >= 4 is 14.4 Å². The summed E-state index contributed by atoms with van der Waals surface area (Å²) in [5.74, 6) is 0. The van der Waals surface area contributed by atoms with Gasteiger partial charge in [0.05, 0.1) is 0 Å². The van der Waals surface area contributed by atoms with Gasteiger partial charge in [-0.05, 0) is 12.5 Å². The third-order valence-electron chi connectivity index (χ3n) is 2.03. The smallest absolute Gasteiger partial charge is 0.125 e. The monoisotopic (exact) mass is 172 g/mol. The Labute approximate surface area is 71.2 Å². The molecule has 0 amide bonds. The lowest BCUT2D eigenvalue weighted by molar-refractivity contribution is -0.114. The van der Waals surface area contributed by atoms with Gasteiger partial charge in [0, 0.05) is 13.5 Å². The van der Waals surface area contributed by atoms with Crippen molar-refractivity contribution in [1.29, 1.82) is 0 Å². The minimum absolute atomic E-state index is 0.0511. The Morgan fingerprint density at radius 3 is 1.91 bits per heavy atom. The van der Waals surface area contributed by atoms with Crippen molar-refractivity contribution in [3.05, 3.63) is 0 Å². The number of hydrogen-bond donors (Lipinski definition) is 0. The second-order valence-electron chi connectivity index (χ2n) is 4.86. The van der Waals surface area contributed by atoms with Crippen LogP contribution in [0.4, 0.5) is 0 Å². The Hall–Kier alpha value is -0.113. The third-order valence-corrected chi connectivity index (χ3v) is 3.89. The second-order valence-corrected chi connectivity index (χ2v) is 10.3. The number of hydrogen-bond acceptors (Lipinski definition) is 1. The number of aldehydes is 1. The van der Waals surface area contributed by atoms with Crippen molar-refractivity contribution in [2.24, 2.45) is 5.41 Å². The Balaban J connectivity index is 4.19. The fraction of sp³-hybridized carbons (Fsp3) is 0.889. The number of rotatable bonds is 4. The van der Waals surface area contributed by atoms with Crippen LogP contribution in [0, 0.1) is 5.41 Å². The molecule has 0 spiro atoms. The van der Waals surface area contributed by atoms with Gasteiger partial charge in [-0.3, -0.25) is 0 Å². The highest BCUT2D eigenvalue weighted by Crippen LogP contribution is 2.29. The van der Waals surface area contributed by atoms with Crippen molar-refractivity contribution in [1.82, 2.24) is 0 Å². The molecule has 0 rings (SSSR count). The Morgan fingerprint density at radius 2 is 1.82 bits per heavy atom. The van der Waals surface area contributed by atoms with Gasteiger partial charge in [0.25, 0.3) is 0 Å². The van der Waals surface area contributed by atoms with E-state index >= 15 is 0 Å². The summed E-state index contributed by atoms with van der Waals surface area (Å²) in [5, 5.41) is 0. The van der Waals surface area contributed by atoms with Gasteiger partial charge in [-0.25, -0.2) is 0 Å². The van der Waals surface area contributed by atoms with Gasteiger partial charge in [0.15, 0.2) is 0 Å². The molecule has 0 aliphatic carbocycles. The van der Waals surface area contributed by atoms with Crippen LogP contribution in [0.1, 0.15) is 20.3 Å². The molecular formula is C9H20OSi. The van der Waals surface area contributed by atoms with Crippen LogP contribution in [0.25, 0.3) is 0 Å². The summed E-state index contributed by atoms with van der Waals surface area (Å²) in [5.41, 5.74) is -0.0511. The molecule has 0 aliphatic heterocycles. The van der Waals surface area contributed by atoms with Gasteiger partial charge >= 0.3 is 0 Å². The summed E-state index contributed by atoms with van der Waals surface area (Å²) in [7, 11) is -1.07. The average molecular weight is 172 g/mol. The summed E-state index contributed by atoms with van der Waals surface area (Å²) in [4.78, 5) is 10.8. The standard InChI is InChI=1S/C9H20OSi/c1-6-9(2,7-10)8-11(3,4)5/h7H,6,8H2,1-5H3. The van der Waals surface area contributed by atoms with Crippen LogP contribution in [0.3, 0.4) is 0 Å². The molecule has 0 bridgehead atoms. The first kappa shape index (κ1) is 10.9. The minimum Gasteiger partial charge on any atom is -0.303 e. The van der Waals surface area contributed by atoms with Crippen molar-refractivity contribution in [3.8, 4) is 0 Å². The zero-order valence-electron chi connectivity index (χ0n) is 8.40. The summed E-state index contributed by atoms with van der Waals surface area (Å²) in [6.45, 7) is 11.1. The van der Waals surface area contributed by atoms with E-state index in [0.717, 1.165) is 18.8 Å². The summed E-state index contributed by atoms with van der Waals surface area (Å²) in [6, 6.07) is 1.11. The lowest BCUT2D eigenvalue weighted by Gasteiger charge is -2.28. The van der Waals surface area contributed by atoms with Gasteiger partial charge in [-0.15, -0.1) is 0 Å². The Morgan fingerprint density at radius 1 is 1.36 bits per heavy atom. The summed E-state index contributed by atoms with van der Waals surface area (Å²) < 4.78 is 0. The minimum atomic E-state index is -1.07. The van der Waals surface area contributed by atoms with E-state index in [1.807, 2.05) is 0 Å². The van der Waals surface area contributed by atoms with E-state index in [1.54, 1.807) is 0 Å². The maximum Gasteiger partial charge on any atom is 0.125 e. The van der Waals surface area contributed by atoms with E-state index in [4.69, 9.17) is 0 Å². The van der Waals surface area contributed by atoms with Gasteiger partial charge in [-0.2, -0.15) is 0 Å². The lowest BCUT2D eigenvalue weighted by atomic mass is 9.92. The van der Waals surface area contributed by atoms with Crippen LogP contribution in [-0.2, 0) is 4.79 Å². The quantitative estimate of drug-likeness (QED) is 0.471. The van der Waals surface area contributed by atoms with E-state index in [0.29, 0.717) is 0 Å². The van der Waals surface area contributed by atoms with Gasteiger partial charge in [0.2, 0.25) is 0 Å². The molecule has 0 aromatic heterocycles. The third kappa shape index (κ3) is 4.35. The predicted molar refractivity (Wildman–Crippen MR) is 52.6 cm³/mol. The first-order chi connectivity index (χ1) is 4.83. The first-order valence-corrected chi connectivity index (χ1v) is 8.00. The van der Waals surface area contributed by atoms with Crippen LogP contribution in [0.5, 0.6) is 0 Å². The molecule has 11 heavy (non-hydrogen) atoms. The molecule has 0 saturated heterocycles. The van der Waals surface area contributed by atoms with Crippen LogP contribution < -0.4 is 0 Å². The van der Waals surface area contributed by atoms with Crippen molar-refractivity contribution in [2.45, 2.75) is 46.0 Å². The molecule has 1 atom stereocenters. The van der Waals surface area contributed by atoms with Crippen molar-refractivity contribution in [2.75, 3.05) is 0 Å². The maximum absolute atomic E-state index is 10.8. The molecule has 0 saturated carbocycles. The molecule has 0 aromatic carbocycles. The second kappa shape index (κ2) is 3.52. The van der Waals surface area contributed by atoms with E-state index in [-0.39, 0.29) is 5.41 Å². The average Bonchev–Trinajstić information content (AvgIpc) is 1.84. The van der Waals surface area contributed by atoms with E-state index < -0.39 is 8.07 Å². The van der Waals surface area contributed by atoms with Crippen molar-refractivity contribution in [3.63, 3.8) is 0 Å². The highest BCUT2D eigenvalue weighted by Gasteiger charge is 2.28.